The molecular weight excluding hydrogens is 176 g/mol. The van der Waals surface area contributed by atoms with E-state index in [-0.39, 0.29) is 0 Å². The molecule has 3 nitrogen and oxygen atoms in total. The molecule has 1 atom stereocenters. The molecule has 1 aliphatic rings. The van der Waals surface area contributed by atoms with E-state index in [9.17, 15) is 5.11 Å². The lowest BCUT2D eigenvalue weighted by Gasteiger charge is -2.35. The van der Waals surface area contributed by atoms with E-state index in [0.29, 0.717) is 6.54 Å². The SMILES string of the molecule is C#CCN1CCN(C([O])CCC)CC1. The first-order valence-electron chi connectivity index (χ1n) is 5.33. The van der Waals surface area contributed by atoms with Crippen molar-refractivity contribution in [2.45, 2.75) is 26.0 Å². The lowest BCUT2D eigenvalue weighted by atomic mass is 10.2. The van der Waals surface area contributed by atoms with Gasteiger partial charge < -0.3 is 0 Å². The van der Waals surface area contributed by atoms with Crippen molar-refractivity contribution in [3.05, 3.63) is 0 Å². The van der Waals surface area contributed by atoms with Gasteiger partial charge in [0.2, 0.25) is 0 Å². The molecule has 3 heteroatoms. The maximum absolute atomic E-state index is 11.6. The lowest BCUT2D eigenvalue weighted by Crippen LogP contribution is -2.49. The summed E-state index contributed by atoms with van der Waals surface area (Å²) in [5, 5.41) is 11.6. The first kappa shape index (κ1) is 11.5. The Bertz CT molecular complexity index is 192. The second-order valence-corrected chi connectivity index (χ2v) is 3.76. The largest absolute Gasteiger partial charge is 0.290 e. The lowest BCUT2D eigenvalue weighted by molar-refractivity contribution is -0.0712. The fraction of sp³-hybridized carbons (Fsp3) is 0.818. The van der Waals surface area contributed by atoms with Gasteiger partial charge in [0.05, 0.1) is 6.54 Å². The van der Waals surface area contributed by atoms with Crippen LogP contribution in [0.5, 0.6) is 0 Å². The highest BCUT2D eigenvalue weighted by molar-refractivity contribution is 4.89. The molecule has 1 fully saturated rings. The van der Waals surface area contributed by atoms with E-state index in [1.54, 1.807) is 0 Å². The van der Waals surface area contributed by atoms with Gasteiger partial charge in [0, 0.05) is 26.2 Å². The summed E-state index contributed by atoms with van der Waals surface area (Å²) < 4.78 is 0. The van der Waals surface area contributed by atoms with Crippen molar-refractivity contribution in [2.24, 2.45) is 0 Å². The Morgan fingerprint density at radius 2 is 2.00 bits per heavy atom. The zero-order valence-electron chi connectivity index (χ0n) is 8.91. The molecule has 0 N–H and O–H groups in total. The van der Waals surface area contributed by atoms with Crippen LogP contribution < -0.4 is 0 Å². The van der Waals surface area contributed by atoms with Crippen LogP contribution >= 0.6 is 0 Å². The summed E-state index contributed by atoms with van der Waals surface area (Å²) in [5.74, 6) is 2.64. The molecule has 1 rings (SSSR count). The molecule has 0 aromatic heterocycles. The first-order valence-corrected chi connectivity index (χ1v) is 5.33. The van der Waals surface area contributed by atoms with Crippen LogP contribution in [-0.4, -0.2) is 48.8 Å². The smallest absolute Gasteiger partial charge is 0.146 e. The fourth-order valence-electron chi connectivity index (χ4n) is 1.77. The van der Waals surface area contributed by atoms with Crippen LogP contribution in [0.4, 0.5) is 0 Å². The van der Waals surface area contributed by atoms with Crippen molar-refractivity contribution in [1.29, 1.82) is 0 Å². The minimum absolute atomic E-state index is 0.506. The Morgan fingerprint density at radius 3 is 2.50 bits per heavy atom. The molecule has 79 valence electrons. The summed E-state index contributed by atoms with van der Waals surface area (Å²) in [4.78, 5) is 4.24. The zero-order valence-corrected chi connectivity index (χ0v) is 8.91. The molecule has 1 heterocycles. The van der Waals surface area contributed by atoms with Crippen LogP contribution in [0.15, 0.2) is 0 Å². The molecule has 1 saturated heterocycles. The van der Waals surface area contributed by atoms with Crippen LogP contribution in [0.1, 0.15) is 19.8 Å². The van der Waals surface area contributed by atoms with Crippen LogP contribution in [0.3, 0.4) is 0 Å². The third-order valence-electron chi connectivity index (χ3n) is 2.66. The average molecular weight is 195 g/mol. The van der Waals surface area contributed by atoms with Gasteiger partial charge in [-0.05, 0) is 6.42 Å². The highest BCUT2D eigenvalue weighted by Crippen LogP contribution is 2.08. The molecule has 0 bridgehead atoms. The standard InChI is InChI=1S/C11H19N2O/c1-3-5-11(14)13-9-7-12(6-4-2)8-10-13/h2,11H,3,5-10H2,1H3. The Balaban J connectivity index is 2.25. The number of hydrogen-bond acceptors (Lipinski definition) is 2. The van der Waals surface area contributed by atoms with Gasteiger partial charge in [0.1, 0.15) is 6.23 Å². The highest BCUT2D eigenvalue weighted by Gasteiger charge is 2.21. The van der Waals surface area contributed by atoms with E-state index in [1.165, 1.54) is 0 Å². The normalized spacial score (nSPS) is 21.8. The Labute approximate surface area is 86.7 Å². The van der Waals surface area contributed by atoms with Crippen LogP contribution in [0.25, 0.3) is 0 Å². The quantitative estimate of drug-likeness (QED) is 0.620. The van der Waals surface area contributed by atoms with Crippen molar-refractivity contribution < 1.29 is 5.11 Å². The topological polar surface area (TPSA) is 26.4 Å². The Hall–Kier alpha value is -0.560. The summed E-state index contributed by atoms with van der Waals surface area (Å²) in [6.07, 6.45) is 6.46. The molecule has 14 heavy (non-hydrogen) atoms. The molecule has 0 amide bonds. The van der Waals surface area contributed by atoms with Crippen LogP contribution in [0, 0.1) is 12.3 Å². The van der Waals surface area contributed by atoms with Crippen molar-refractivity contribution in [2.75, 3.05) is 32.7 Å². The number of nitrogens with zero attached hydrogens (tertiary/aromatic N) is 2. The molecule has 1 unspecified atom stereocenters. The van der Waals surface area contributed by atoms with Crippen molar-refractivity contribution in [1.82, 2.24) is 9.80 Å². The summed E-state index contributed by atoms with van der Waals surface area (Å²) in [6.45, 7) is 6.38. The minimum atomic E-state index is -0.506. The van der Waals surface area contributed by atoms with Gasteiger partial charge in [-0.25, -0.2) is 5.11 Å². The summed E-state index contributed by atoms with van der Waals surface area (Å²) >= 11 is 0. The molecule has 0 saturated carbocycles. The van der Waals surface area contributed by atoms with Gasteiger partial charge in [-0.3, -0.25) is 9.80 Å². The monoisotopic (exact) mass is 195 g/mol. The van der Waals surface area contributed by atoms with Gasteiger partial charge in [0.25, 0.3) is 0 Å². The van der Waals surface area contributed by atoms with Crippen LogP contribution in [-0.2, 0) is 5.11 Å². The number of piperazine rings is 1. The minimum Gasteiger partial charge on any atom is -0.290 e. The predicted molar refractivity (Wildman–Crippen MR) is 56.2 cm³/mol. The Kier molecular flexibility index (Phi) is 4.95. The predicted octanol–water partition coefficient (Wildman–Crippen LogP) is 0.794. The van der Waals surface area contributed by atoms with Crippen molar-refractivity contribution in [3.63, 3.8) is 0 Å². The molecule has 1 aliphatic heterocycles. The van der Waals surface area contributed by atoms with E-state index in [4.69, 9.17) is 6.42 Å². The van der Waals surface area contributed by atoms with Crippen LogP contribution in [0.2, 0.25) is 0 Å². The summed E-state index contributed by atoms with van der Waals surface area (Å²) in [5.41, 5.74) is 0. The second kappa shape index (κ2) is 6.02. The third kappa shape index (κ3) is 3.30. The average Bonchev–Trinajstić information content (AvgIpc) is 2.20. The van der Waals surface area contributed by atoms with E-state index in [2.05, 4.69) is 17.7 Å². The molecule has 0 aromatic rings. The molecule has 0 aliphatic carbocycles. The van der Waals surface area contributed by atoms with Crippen molar-refractivity contribution in [3.8, 4) is 12.3 Å². The summed E-state index contributed by atoms with van der Waals surface area (Å²) in [7, 11) is 0. The van der Waals surface area contributed by atoms with Gasteiger partial charge in [-0.2, -0.15) is 0 Å². The van der Waals surface area contributed by atoms with E-state index < -0.39 is 6.23 Å². The van der Waals surface area contributed by atoms with Gasteiger partial charge in [-0.15, -0.1) is 6.42 Å². The first-order chi connectivity index (χ1) is 6.77. The summed E-state index contributed by atoms with van der Waals surface area (Å²) in [6, 6.07) is 0. The molecule has 0 spiro atoms. The Morgan fingerprint density at radius 1 is 1.36 bits per heavy atom. The van der Waals surface area contributed by atoms with E-state index in [1.807, 2.05) is 4.90 Å². The highest BCUT2D eigenvalue weighted by atomic mass is 16.3. The zero-order chi connectivity index (χ0) is 10.4. The third-order valence-corrected chi connectivity index (χ3v) is 2.66. The van der Waals surface area contributed by atoms with Crippen molar-refractivity contribution >= 4 is 0 Å². The molecular formula is C11H19N2O. The van der Waals surface area contributed by atoms with Gasteiger partial charge >= 0.3 is 0 Å². The van der Waals surface area contributed by atoms with E-state index >= 15 is 0 Å². The molecule has 0 aromatic carbocycles. The fourth-order valence-corrected chi connectivity index (χ4v) is 1.77. The maximum atomic E-state index is 11.6. The molecule has 1 radical (unpaired) electrons. The number of hydrogen-bond donors (Lipinski definition) is 0. The maximum Gasteiger partial charge on any atom is 0.146 e. The number of terminal acetylenes is 1. The van der Waals surface area contributed by atoms with Gasteiger partial charge in [0.15, 0.2) is 0 Å². The van der Waals surface area contributed by atoms with Gasteiger partial charge in [-0.1, -0.05) is 19.3 Å². The second-order valence-electron chi connectivity index (χ2n) is 3.76. The number of rotatable bonds is 4. The van der Waals surface area contributed by atoms with E-state index in [0.717, 1.165) is 39.0 Å².